The van der Waals surface area contributed by atoms with Gasteiger partial charge < -0.3 is 15.1 Å². The largest absolute Gasteiger partial charge is 0.468 e. The van der Waals surface area contributed by atoms with Crippen LogP contribution in [0.4, 0.5) is 11.5 Å². The van der Waals surface area contributed by atoms with Gasteiger partial charge in [0.1, 0.15) is 11.6 Å². The van der Waals surface area contributed by atoms with E-state index in [0.717, 1.165) is 28.7 Å². The highest BCUT2D eigenvalue weighted by Crippen LogP contribution is 2.39. The summed E-state index contributed by atoms with van der Waals surface area (Å²) < 4.78 is 5.38. The minimum Gasteiger partial charge on any atom is -0.468 e. The first-order valence-electron chi connectivity index (χ1n) is 8.87. The van der Waals surface area contributed by atoms with Crippen molar-refractivity contribution in [2.24, 2.45) is 4.99 Å². The predicted octanol–water partition coefficient (Wildman–Crippen LogP) is 3.24. The van der Waals surface area contributed by atoms with Gasteiger partial charge in [-0.3, -0.25) is 10.4 Å². The van der Waals surface area contributed by atoms with Crippen molar-refractivity contribution in [3.63, 3.8) is 0 Å². The summed E-state index contributed by atoms with van der Waals surface area (Å²) in [5.41, 5.74) is 3.25. The normalized spacial score (nSPS) is 18.8. The molecule has 1 aliphatic heterocycles. The zero-order chi connectivity index (χ0) is 17.3. The Kier molecular flexibility index (Phi) is 3.71. The van der Waals surface area contributed by atoms with Crippen LogP contribution in [-0.2, 0) is 6.54 Å². The molecule has 5 rings (SSSR count). The Labute approximate surface area is 150 Å². The molecule has 0 radical (unpaired) electrons. The fraction of sp³-hybridized carbons (Fsp3) is 0.263. The highest BCUT2D eigenvalue weighted by atomic mass is 16.3. The number of aromatic nitrogens is 2. The first kappa shape index (κ1) is 15.2. The number of furan rings is 1. The number of hydrogen-bond donors (Lipinski definition) is 4. The summed E-state index contributed by atoms with van der Waals surface area (Å²) >= 11 is 0. The van der Waals surface area contributed by atoms with Gasteiger partial charge >= 0.3 is 0 Å². The second-order valence-corrected chi connectivity index (χ2v) is 6.64. The molecule has 132 valence electrons. The summed E-state index contributed by atoms with van der Waals surface area (Å²) in [6.07, 6.45) is 3.91. The molecule has 1 saturated carbocycles. The number of fused-ring (bicyclic) bond motifs is 1. The van der Waals surface area contributed by atoms with Crippen LogP contribution in [0.25, 0.3) is 0 Å². The van der Waals surface area contributed by atoms with Crippen molar-refractivity contribution in [2.75, 3.05) is 10.6 Å². The monoisotopic (exact) mass is 348 g/mol. The van der Waals surface area contributed by atoms with E-state index in [4.69, 9.17) is 9.41 Å². The molecule has 1 unspecified atom stereocenters. The Morgan fingerprint density at radius 1 is 1.15 bits per heavy atom. The number of H-pyrrole nitrogens is 1. The van der Waals surface area contributed by atoms with Crippen LogP contribution in [0.5, 0.6) is 0 Å². The van der Waals surface area contributed by atoms with E-state index in [2.05, 4.69) is 32.2 Å². The fourth-order valence-corrected chi connectivity index (χ4v) is 3.13. The zero-order valence-corrected chi connectivity index (χ0v) is 14.2. The van der Waals surface area contributed by atoms with E-state index >= 15 is 0 Å². The van der Waals surface area contributed by atoms with Crippen molar-refractivity contribution in [2.45, 2.75) is 31.6 Å². The second kappa shape index (κ2) is 6.34. The van der Waals surface area contributed by atoms with Crippen molar-refractivity contribution >= 4 is 17.3 Å². The molecule has 1 aromatic carbocycles. The van der Waals surface area contributed by atoms with E-state index < -0.39 is 0 Å². The molecule has 7 nitrogen and oxygen atoms in total. The Morgan fingerprint density at radius 3 is 2.92 bits per heavy atom. The number of para-hydroxylation sites is 1. The van der Waals surface area contributed by atoms with Gasteiger partial charge in [0.05, 0.1) is 12.8 Å². The van der Waals surface area contributed by atoms with E-state index in [1.54, 1.807) is 6.26 Å². The van der Waals surface area contributed by atoms with Crippen LogP contribution in [0.1, 0.15) is 35.8 Å². The molecule has 1 fully saturated rings. The number of amidine groups is 1. The number of nitrogens with one attached hydrogen (secondary N) is 4. The fourth-order valence-electron chi connectivity index (χ4n) is 3.13. The van der Waals surface area contributed by atoms with E-state index in [9.17, 15) is 0 Å². The molecule has 26 heavy (non-hydrogen) atoms. The number of benzene rings is 1. The highest BCUT2D eigenvalue weighted by Gasteiger charge is 2.26. The minimum absolute atomic E-state index is 0.251. The van der Waals surface area contributed by atoms with Gasteiger partial charge in [0.15, 0.2) is 12.1 Å². The molecule has 7 heteroatoms. The minimum atomic E-state index is -0.251. The molecule has 2 aromatic heterocycles. The van der Waals surface area contributed by atoms with Crippen LogP contribution in [0.2, 0.25) is 0 Å². The molecule has 0 amide bonds. The lowest BCUT2D eigenvalue weighted by molar-refractivity contribution is 0.463. The van der Waals surface area contributed by atoms with E-state index in [-0.39, 0.29) is 6.29 Å². The average molecular weight is 348 g/mol. The molecule has 2 aliphatic rings. The van der Waals surface area contributed by atoms with Crippen molar-refractivity contribution < 1.29 is 4.42 Å². The van der Waals surface area contributed by atoms with Gasteiger partial charge in [-0.05, 0) is 37.1 Å². The van der Waals surface area contributed by atoms with E-state index in [1.807, 2.05) is 36.4 Å². The molecule has 0 bridgehead atoms. The lowest BCUT2D eigenvalue weighted by atomic mass is 10.1. The van der Waals surface area contributed by atoms with Gasteiger partial charge in [-0.2, -0.15) is 5.10 Å². The lowest BCUT2D eigenvalue weighted by Crippen LogP contribution is -2.39. The summed E-state index contributed by atoms with van der Waals surface area (Å²) in [7, 11) is 0. The van der Waals surface area contributed by atoms with Crippen LogP contribution < -0.4 is 16.0 Å². The maximum Gasteiger partial charge on any atom is 0.176 e. The van der Waals surface area contributed by atoms with Crippen LogP contribution >= 0.6 is 0 Å². The van der Waals surface area contributed by atoms with Gasteiger partial charge in [-0.1, -0.05) is 12.1 Å². The number of hydrogen-bond acceptors (Lipinski definition) is 6. The predicted molar refractivity (Wildman–Crippen MR) is 100 cm³/mol. The van der Waals surface area contributed by atoms with Gasteiger partial charge in [-0.25, -0.2) is 4.99 Å². The van der Waals surface area contributed by atoms with E-state index in [1.165, 1.54) is 18.5 Å². The van der Waals surface area contributed by atoms with Gasteiger partial charge in [0.25, 0.3) is 0 Å². The summed E-state index contributed by atoms with van der Waals surface area (Å²) in [4.78, 5) is 4.78. The van der Waals surface area contributed by atoms with Crippen molar-refractivity contribution in [3.8, 4) is 0 Å². The number of anilines is 2. The Hall–Kier alpha value is -3.06. The third-order valence-electron chi connectivity index (χ3n) is 4.64. The topological polar surface area (TPSA) is 90.3 Å². The smallest absolute Gasteiger partial charge is 0.176 e. The molecule has 1 aliphatic carbocycles. The summed E-state index contributed by atoms with van der Waals surface area (Å²) in [6, 6.07) is 14.0. The van der Waals surface area contributed by atoms with Crippen LogP contribution in [0.15, 0.2) is 58.1 Å². The highest BCUT2D eigenvalue weighted by molar-refractivity contribution is 6.12. The zero-order valence-electron chi connectivity index (χ0n) is 14.2. The molecule has 0 spiro atoms. The second-order valence-electron chi connectivity index (χ2n) is 6.64. The van der Waals surface area contributed by atoms with Gasteiger partial charge in [0, 0.05) is 28.9 Å². The molecule has 3 heterocycles. The van der Waals surface area contributed by atoms with Gasteiger partial charge in [-0.15, -0.1) is 0 Å². The Balaban J connectivity index is 1.37. The SMILES string of the molecule is c1coc(CNC2N=C(Nc3cc(C4CC4)[nH]n3)c3ccccc3N2)c1. The number of nitrogens with zero attached hydrogens (tertiary/aromatic N) is 2. The Morgan fingerprint density at radius 2 is 2.08 bits per heavy atom. The molecular weight excluding hydrogens is 328 g/mol. The molecular formula is C19H20N6O. The number of rotatable bonds is 5. The summed E-state index contributed by atoms with van der Waals surface area (Å²) in [6.45, 7) is 0.595. The average Bonchev–Trinajstić information content (AvgIpc) is 3.18. The van der Waals surface area contributed by atoms with Crippen LogP contribution in [-0.4, -0.2) is 22.3 Å². The number of aliphatic imine (C=N–C) groups is 1. The molecule has 1 atom stereocenters. The first-order valence-corrected chi connectivity index (χ1v) is 8.87. The van der Waals surface area contributed by atoms with Crippen molar-refractivity contribution in [1.82, 2.24) is 15.5 Å². The molecule has 0 saturated heterocycles. The van der Waals surface area contributed by atoms with Gasteiger partial charge in [0.2, 0.25) is 0 Å². The summed E-state index contributed by atoms with van der Waals surface area (Å²) in [5, 5.41) is 17.6. The first-order chi connectivity index (χ1) is 12.8. The lowest BCUT2D eigenvalue weighted by Gasteiger charge is -2.26. The van der Waals surface area contributed by atoms with Crippen molar-refractivity contribution in [1.29, 1.82) is 0 Å². The maximum absolute atomic E-state index is 5.38. The molecule has 4 N–H and O–H groups in total. The third kappa shape index (κ3) is 3.09. The molecule has 3 aromatic rings. The summed E-state index contributed by atoms with van der Waals surface area (Å²) in [5.74, 6) is 3.11. The standard InChI is InChI=1S/C19H20N6O/c1-2-6-15-14(5-1)18(22-17-10-16(24-25-17)12-7-8-12)23-19(21-15)20-11-13-4-3-9-26-13/h1-6,9-10,12,19-21H,7-8,11H2,(H2,22,23,24,25). The maximum atomic E-state index is 5.38. The number of aromatic amines is 1. The van der Waals surface area contributed by atoms with Crippen LogP contribution in [0.3, 0.4) is 0 Å². The van der Waals surface area contributed by atoms with Crippen LogP contribution in [0, 0.1) is 0 Å². The van der Waals surface area contributed by atoms with Crippen molar-refractivity contribution in [3.05, 3.63) is 65.7 Å². The van der Waals surface area contributed by atoms with E-state index in [0.29, 0.717) is 12.5 Å². The third-order valence-corrected chi connectivity index (χ3v) is 4.64. The Bertz CT molecular complexity index is 925. The quantitative estimate of drug-likeness (QED) is 0.568.